The maximum atomic E-state index is 12.4. The minimum absolute atomic E-state index is 0.151. The highest BCUT2D eigenvalue weighted by Gasteiger charge is 2.30. The third-order valence-corrected chi connectivity index (χ3v) is 4.35. The van der Waals surface area contributed by atoms with Crippen LogP contribution in [-0.2, 0) is 9.53 Å². The molecule has 2 rings (SSSR count). The fraction of sp³-hybridized carbons (Fsp3) is 0.882. The standard InChI is InChI=1S/C17H31N3O3/c1-13(15(21)19-9-5-6-10-19)18-14-8-7-11-20(12-14)16(22)23-17(2,3)4/h13-14,18H,5-12H2,1-4H3. The Balaban J connectivity index is 1.83. The molecule has 0 saturated carbocycles. The Labute approximate surface area is 139 Å². The van der Waals surface area contributed by atoms with Crippen molar-refractivity contribution in [1.29, 1.82) is 0 Å². The summed E-state index contributed by atoms with van der Waals surface area (Å²) < 4.78 is 5.44. The Hall–Kier alpha value is -1.30. The maximum absolute atomic E-state index is 12.4. The molecule has 2 atom stereocenters. The third-order valence-electron chi connectivity index (χ3n) is 4.35. The first-order valence-corrected chi connectivity index (χ1v) is 8.79. The number of amides is 2. The number of nitrogens with zero attached hydrogens (tertiary/aromatic N) is 2. The van der Waals surface area contributed by atoms with Crippen molar-refractivity contribution >= 4 is 12.0 Å². The van der Waals surface area contributed by atoms with Crippen molar-refractivity contribution in [3.05, 3.63) is 0 Å². The van der Waals surface area contributed by atoms with E-state index in [4.69, 9.17) is 4.74 Å². The van der Waals surface area contributed by atoms with Crippen LogP contribution in [0.1, 0.15) is 53.4 Å². The van der Waals surface area contributed by atoms with E-state index in [1.54, 1.807) is 4.90 Å². The molecule has 0 aromatic heterocycles. The van der Waals surface area contributed by atoms with Gasteiger partial charge >= 0.3 is 6.09 Å². The van der Waals surface area contributed by atoms with Crippen LogP contribution in [0.25, 0.3) is 0 Å². The molecular formula is C17H31N3O3. The van der Waals surface area contributed by atoms with Crippen molar-refractivity contribution in [3.63, 3.8) is 0 Å². The Morgan fingerprint density at radius 3 is 2.30 bits per heavy atom. The van der Waals surface area contributed by atoms with Crippen molar-refractivity contribution in [1.82, 2.24) is 15.1 Å². The first-order valence-electron chi connectivity index (χ1n) is 8.79. The molecule has 0 radical (unpaired) electrons. The van der Waals surface area contributed by atoms with E-state index >= 15 is 0 Å². The molecular weight excluding hydrogens is 294 g/mol. The highest BCUT2D eigenvalue weighted by atomic mass is 16.6. The van der Waals surface area contributed by atoms with E-state index in [2.05, 4.69) is 5.32 Å². The molecule has 6 heteroatoms. The molecule has 1 N–H and O–H groups in total. The van der Waals surface area contributed by atoms with Gasteiger partial charge in [-0.1, -0.05) is 0 Å². The van der Waals surface area contributed by atoms with Crippen molar-refractivity contribution in [2.24, 2.45) is 0 Å². The van der Waals surface area contributed by atoms with Crippen molar-refractivity contribution in [2.75, 3.05) is 26.2 Å². The summed E-state index contributed by atoms with van der Waals surface area (Å²) in [6.07, 6.45) is 3.86. The van der Waals surface area contributed by atoms with Crippen molar-refractivity contribution in [3.8, 4) is 0 Å². The number of nitrogens with one attached hydrogen (secondary N) is 1. The number of carbonyl (C=O) groups is 2. The minimum Gasteiger partial charge on any atom is -0.444 e. The van der Waals surface area contributed by atoms with Crippen LogP contribution >= 0.6 is 0 Å². The van der Waals surface area contributed by atoms with Crippen molar-refractivity contribution in [2.45, 2.75) is 71.1 Å². The molecule has 2 aliphatic rings. The molecule has 2 fully saturated rings. The van der Waals surface area contributed by atoms with E-state index in [1.165, 1.54) is 0 Å². The number of ether oxygens (including phenoxy) is 1. The molecule has 0 spiro atoms. The van der Waals surface area contributed by atoms with Crippen LogP contribution in [0.15, 0.2) is 0 Å². The lowest BCUT2D eigenvalue weighted by Gasteiger charge is -2.36. The zero-order valence-electron chi connectivity index (χ0n) is 14.9. The summed E-state index contributed by atoms with van der Waals surface area (Å²) >= 11 is 0. The molecule has 0 bridgehead atoms. The van der Waals surface area contributed by atoms with E-state index in [1.807, 2.05) is 32.6 Å². The molecule has 2 amide bonds. The van der Waals surface area contributed by atoms with Gasteiger partial charge in [0.15, 0.2) is 0 Å². The Bertz CT molecular complexity index is 427. The van der Waals surface area contributed by atoms with Gasteiger partial charge in [-0.15, -0.1) is 0 Å². The highest BCUT2D eigenvalue weighted by Crippen LogP contribution is 2.16. The number of hydrogen-bond acceptors (Lipinski definition) is 4. The first kappa shape index (κ1) is 18.0. The smallest absolute Gasteiger partial charge is 0.410 e. The van der Waals surface area contributed by atoms with Crippen LogP contribution in [-0.4, -0.2) is 65.7 Å². The first-order chi connectivity index (χ1) is 10.8. The molecule has 0 aliphatic carbocycles. The van der Waals surface area contributed by atoms with Gasteiger partial charge in [-0.3, -0.25) is 4.79 Å². The van der Waals surface area contributed by atoms with E-state index in [0.29, 0.717) is 6.54 Å². The van der Waals surface area contributed by atoms with Crippen LogP contribution < -0.4 is 5.32 Å². The lowest BCUT2D eigenvalue weighted by atomic mass is 10.0. The molecule has 2 aliphatic heterocycles. The van der Waals surface area contributed by atoms with E-state index in [-0.39, 0.29) is 24.1 Å². The molecule has 132 valence electrons. The number of hydrogen-bond donors (Lipinski definition) is 1. The number of piperidine rings is 1. The van der Waals surface area contributed by atoms with Crippen LogP contribution in [0.3, 0.4) is 0 Å². The fourth-order valence-corrected chi connectivity index (χ4v) is 3.24. The second kappa shape index (κ2) is 7.51. The van der Waals surface area contributed by atoms with Gasteiger partial charge in [-0.05, 0) is 53.4 Å². The van der Waals surface area contributed by atoms with Gasteiger partial charge < -0.3 is 19.9 Å². The van der Waals surface area contributed by atoms with Gasteiger partial charge in [0.25, 0.3) is 0 Å². The van der Waals surface area contributed by atoms with Gasteiger partial charge in [0.2, 0.25) is 5.91 Å². The molecule has 2 unspecified atom stereocenters. The second-order valence-corrected chi connectivity index (χ2v) is 7.69. The largest absolute Gasteiger partial charge is 0.444 e. The topological polar surface area (TPSA) is 61.9 Å². The molecule has 0 aromatic rings. The Morgan fingerprint density at radius 2 is 1.70 bits per heavy atom. The van der Waals surface area contributed by atoms with E-state index in [0.717, 1.165) is 45.3 Å². The summed E-state index contributed by atoms with van der Waals surface area (Å²) in [6, 6.07) is -0.0468. The summed E-state index contributed by atoms with van der Waals surface area (Å²) in [5.74, 6) is 0.178. The Kier molecular flexibility index (Phi) is 5.89. The zero-order chi connectivity index (χ0) is 17.0. The predicted molar refractivity (Wildman–Crippen MR) is 89.2 cm³/mol. The second-order valence-electron chi connectivity index (χ2n) is 7.69. The summed E-state index contributed by atoms with van der Waals surface area (Å²) in [5, 5.41) is 3.40. The van der Waals surface area contributed by atoms with Crippen molar-refractivity contribution < 1.29 is 14.3 Å². The average Bonchev–Trinajstić information content (AvgIpc) is 2.99. The SMILES string of the molecule is CC(NC1CCCN(C(=O)OC(C)(C)C)C1)C(=O)N1CCCC1. The fourth-order valence-electron chi connectivity index (χ4n) is 3.24. The van der Waals surface area contributed by atoms with Gasteiger partial charge in [0, 0.05) is 32.2 Å². The summed E-state index contributed by atoms with van der Waals surface area (Å²) in [4.78, 5) is 28.3. The van der Waals surface area contributed by atoms with Crippen LogP contribution in [0.5, 0.6) is 0 Å². The summed E-state index contributed by atoms with van der Waals surface area (Å²) in [6.45, 7) is 10.6. The van der Waals surface area contributed by atoms with E-state index in [9.17, 15) is 9.59 Å². The lowest BCUT2D eigenvalue weighted by Crippen LogP contribution is -2.54. The van der Waals surface area contributed by atoms with Gasteiger partial charge in [-0.25, -0.2) is 4.79 Å². The van der Waals surface area contributed by atoms with Crippen LogP contribution in [0.2, 0.25) is 0 Å². The Morgan fingerprint density at radius 1 is 1.09 bits per heavy atom. The van der Waals surface area contributed by atoms with Gasteiger partial charge in [0.05, 0.1) is 6.04 Å². The quantitative estimate of drug-likeness (QED) is 0.862. The molecule has 23 heavy (non-hydrogen) atoms. The molecule has 2 saturated heterocycles. The number of carbonyl (C=O) groups excluding carboxylic acids is 2. The molecule has 6 nitrogen and oxygen atoms in total. The number of likely N-dealkylation sites (tertiary alicyclic amines) is 2. The van der Waals surface area contributed by atoms with E-state index < -0.39 is 5.60 Å². The highest BCUT2D eigenvalue weighted by molar-refractivity contribution is 5.81. The summed E-state index contributed by atoms with van der Waals surface area (Å²) in [7, 11) is 0. The maximum Gasteiger partial charge on any atom is 0.410 e. The van der Waals surface area contributed by atoms with Gasteiger partial charge in [-0.2, -0.15) is 0 Å². The van der Waals surface area contributed by atoms with Crippen LogP contribution in [0.4, 0.5) is 4.79 Å². The average molecular weight is 325 g/mol. The van der Waals surface area contributed by atoms with Gasteiger partial charge in [0.1, 0.15) is 5.60 Å². The van der Waals surface area contributed by atoms with Crippen LogP contribution in [0, 0.1) is 0 Å². The monoisotopic (exact) mass is 325 g/mol. The third kappa shape index (κ3) is 5.37. The zero-order valence-corrected chi connectivity index (χ0v) is 14.9. The number of rotatable bonds is 3. The minimum atomic E-state index is -0.476. The molecule has 2 heterocycles. The summed E-state index contributed by atoms with van der Waals surface area (Å²) in [5.41, 5.74) is -0.476. The normalized spacial score (nSPS) is 23.7. The lowest BCUT2D eigenvalue weighted by molar-refractivity contribution is -0.132. The molecule has 0 aromatic carbocycles. The predicted octanol–water partition coefficient (Wildman–Crippen LogP) is 1.99.